The third-order valence-electron chi connectivity index (χ3n) is 6.52. The molecule has 0 saturated heterocycles. The van der Waals surface area contributed by atoms with Gasteiger partial charge in [-0.2, -0.15) is 0 Å². The number of sulfonamides is 1. The van der Waals surface area contributed by atoms with Crippen LogP contribution in [0.3, 0.4) is 0 Å². The molecule has 0 bridgehead atoms. The maximum atomic E-state index is 14.1. The van der Waals surface area contributed by atoms with Gasteiger partial charge in [-0.05, 0) is 81.8 Å². The van der Waals surface area contributed by atoms with Gasteiger partial charge in [0.2, 0.25) is 11.8 Å². The predicted molar refractivity (Wildman–Crippen MR) is 166 cm³/mol. The molecule has 43 heavy (non-hydrogen) atoms. The molecule has 0 aliphatic carbocycles. The lowest BCUT2D eigenvalue weighted by Crippen LogP contribution is -2.52. The zero-order valence-electron chi connectivity index (χ0n) is 25.2. The second-order valence-electron chi connectivity index (χ2n) is 9.94. The van der Waals surface area contributed by atoms with Crippen LogP contribution in [0, 0.1) is 0 Å². The van der Waals surface area contributed by atoms with Crippen LogP contribution in [-0.4, -0.2) is 64.6 Å². The van der Waals surface area contributed by atoms with Gasteiger partial charge in [0.25, 0.3) is 10.0 Å². The molecule has 3 rings (SSSR count). The monoisotopic (exact) mass is 631 g/mol. The average molecular weight is 632 g/mol. The molecule has 0 spiro atoms. The Hall–Kier alpha value is -3.96. The van der Waals surface area contributed by atoms with Crippen molar-refractivity contribution in [3.63, 3.8) is 0 Å². The highest BCUT2D eigenvalue weighted by Gasteiger charge is 2.33. The minimum atomic E-state index is -4.32. The number of ether oxygens (including phenoxy) is 3. The maximum Gasteiger partial charge on any atom is 0.264 e. The summed E-state index contributed by atoms with van der Waals surface area (Å²) in [7, 11) is -1.47. The summed E-state index contributed by atoms with van der Waals surface area (Å²) >= 11 is 6.05. The minimum Gasteiger partial charge on any atom is -0.494 e. The Morgan fingerprint density at radius 1 is 0.907 bits per heavy atom. The van der Waals surface area contributed by atoms with E-state index in [0.717, 1.165) is 9.87 Å². The predicted octanol–water partition coefficient (Wildman–Crippen LogP) is 4.89. The van der Waals surface area contributed by atoms with E-state index in [-0.39, 0.29) is 34.8 Å². The lowest BCUT2D eigenvalue weighted by atomic mass is 10.1. The fourth-order valence-corrected chi connectivity index (χ4v) is 5.84. The molecule has 12 heteroatoms. The summed E-state index contributed by atoms with van der Waals surface area (Å²) in [5.74, 6) is 0.158. The van der Waals surface area contributed by atoms with Gasteiger partial charge in [0.15, 0.2) is 11.5 Å². The zero-order chi connectivity index (χ0) is 31.7. The highest BCUT2D eigenvalue weighted by atomic mass is 35.5. The van der Waals surface area contributed by atoms with Crippen LogP contribution in [0.2, 0.25) is 5.02 Å². The Kier molecular flexibility index (Phi) is 11.7. The van der Waals surface area contributed by atoms with Crippen molar-refractivity contribution in [1.29, 1.82) is 0 Å². The van der Waals surface area contributed by atoms with Crippen LogP contribution in [0.4, 0.5) is 5.69 Å². The topological polar surface area (TPSA) is 114 Å². The van der Waals surface area contributed by atoms with Crippen molar-refractivity contribution >= 4 is 39.1 Å². The number of carbonyl (C=O) groups is 2. The molecule has 2 amide bonds. The van der Waals surface area contributed by atoms with Gasteiger partial charge >= 0.3 is 0 Å². The third kappa shape index (κ3) is 8.55. The number of hydrogen-bond acceptors (Lipinski definition) is 7. The van der Waals surface area contributed by atoms with E-state index in [0.29, 0.717) is 23.1 Å². The van der Waals surface area contributed by atoms with Crippen LogP contribution in [0.1, 0.15) is 33.3 Å². The molecule has 0 saturated carbocycles. The van der Waals surface area contributed by atoms with E-state index in [1.807, 2.05) is 20.8 Å². The summed E-state index contributed by atoms with van der Waals surface area (Å²) in [4.78, 5) is 28.3. The highest BCUT2D eigenvalue weighted by molar-refractivity contribution is 7.92. The zero-order valence-corrected chi connectivity index (χ0v) is 26.7. The van der Waals surface area contributed by atoms with E-state index in [1.54, 1.807) is 55.5 Å². The van der Waals surface area contributed by atoms with Gasteiger partial charge in [0.05, 0.1) is 31.4 Å². The molecular weight excluding hydrogens is 594 g/mol. The van der Waals surface area contributed by atoms with E-state index in [4.69, 9.17) is 25.8 Å². The van der Waals surface area contributed by atoms with Crippen molar-refractivity contribution in [2.45, 2.75) is 51.2 Å². The summed E-state index contributed by atoms with van der Waals surface area (Å²) in [5.41, 5.74) is 0.953. The van der Waals surface area contributed by atoms with Gasteiger partial charge in [-0.15, -0.1) is 0 Å². The largest absolute Gasteiger partial charge is 0.494 e. The third-order valence-corrected chi connectivity index (χ3v) is 8.54. The fourth-order valence-electron chi connectivity index (χ4n) is 4.28. The molecule has 0 unspecified atom stereocenters. The lowest BCUT2D eigenvalue weighted by molar-refractivity contribution is -0.139. The summed E-state index contributed by atoms with van der Waals surface area (Å²) < 4.78 is 45.4. The van der Waals surface area contributed by atoms with E-state index < -0.39 is 28.5 Å². The molecule has 3 aromatic carbocycles. The quantitative estimate of drug-likeness (QED) is 0.269. The Bertz CT molecular complexity index is 1500. The standard InChI is InChI=1S/C31H38ClN3O7S/c1-7-42-26-14-12-25(13-15-26)35(43(38,39)27-16-17-28(40-5)29(18-27)41-6)20-30(36)34(22(4)31(37)33-21(2)3)19-23-8-10-24(32)11-9-23/h8-18,21-22H,7,19-20H2,1-6H3,(H,33,37)/t22-/m1/s1. The summed E-state index contributed by atoms with van der Waals surface area (Å²) in [6, 6.07) is 16.4. The van der Waals surface area contributed by atoms with Gasteiger partial charge in [0.1, 0.15) is 18.3 Å². The molecule has 0 aromatic heterocycles. The molecule has 0 aliphatic rings. The highest BCUT2D eigenvalue weighted by Crippen LogP contribution is 2.33. The second-order valence-corrected chi connectivity index (χ2v) is 12.2. The lowest BCUT2D eigenvalue weighted by Gasteiger charge is -2.32. The minimum absolute atomic E-state index is 0.0518. The van der Waals surface area contributed by atoms with Crippen molar-refractivity contribution < 1.29 is 32.2 Å². The van der Waals surface area contributed by atoms with Crippen molar-refractivity contribution in [3.8, 4) is 17.2 Å². The molecule has 0 aliphatic heterocycles. The molecule has 10 nitrogen and oxygen atoms in total. The molecule has 0 fully saturated rings. The first-order chi connectivity index (χ1) is 20.4. The van der Waals surface area contributed by atoms with Crippen molar-refractivity contribution in [2.24, 2.45) is 0 Å². The van der Waals surface area contributed by atoms with Gasteiger partial charge in [0, 0.05) is 23.7 Å². The molecule has 0 radical (unpaired) electrons. The molecular formula is C31H38ClN3O7S. The number of halogens is 1. The van der Waals surface area contributed by atoms with E-state index in [2.05, 4.69) is 5.32 Å². The number of nitrogens with zero attached hydrogens (tertiary/aromatic N) is 2. The number of amides is 2. The number of anilines is 1. The average Bonchev–Trinajstić information content (AvgIpc) is 2.98. The molecule has 0 heterocycles. The Morgan fingerprint density at radius 2 is 1.53 bits per heavy atom. The van der Waals surface area contributed by atoms with Crippen LogP contribution < -0.4 is 23.8 Å². The number of benzene rings is 3. The maximum absolute atomic E-state index is 14.1. The molecule has 1 N–H and O–H groups in total. The molecule has 232 valence electrons. The number of nitrogens with one attached hydrogen (secondary N) is 1. The van der Waals surface area contributed by atoms with E-state index in [9.17, 15) is 18.0 Å². The van der Waals surface area contributed by atoms with Crippen molar-refractivity contribution in [2.75, 3.05) is 31.7 Å². The SMILES string of the molecule is CCOc1ccc(N(CC(=O)N(Cc2ccc(Cl)cc2)[C@H](C)C(=O)NC(C)C)S(=O)(=O)c2ccc(OC)c(OC)c2)cc1. The van der Waals surface area contributed by atoms with Gasteiger partial charge in [-0.25, -0.2) is 8.42 Å². The van der Waals surface area contributed by atoms with E-state index >= 15 is 0 Å². The second kappa shape index (κ2) is 15.0. The van der Waals surface area contributed by atoms with Gasteiger partial charge in [-0.1, -0.05) is 23.7 Å². The Balaban J connectivity index is 2.08. The van der Waals surface area contributed by atoms with Crippen molar-refractivity contribution in [1.82, 2.24) is 10.2 Å². The summed E-state index contributed by atoms with van der Waals surface area (Å²) in [6.07, 6.45) is 0. The molecule has 3 aromatic rings. The number of methoxy groups -OCH3 is 2. The smallest absolute Gasteiger partial charge is 0.264 e. The Labute approximate surface area is 258 Å². The number of hydrogen-bond donors (Lipinski definition) is 1. The molecule has 1 atom stereocenters. The van der Waals surface area contributed by atoms with Crippen LogP contribution in [0.15, 0.2) is 71.6 Å². The number of rotatable bonds is 14. The summed E-state index contributed by atoms with van der Waals surface area (Å²) in [6.45, 7) is 6.98. The Morgan fingerprint density at radius 3 is 2.09 bits per heavy atom. The summed E-state index contributed by atoms with van der Waals surface area (Å²) in [5, 5.41) is 3.35. The van der Waals surface area contributed by atoms with Crippen LogP contribution in [0.5, 0.6) is 17.2 Å². The van der Waals surface area contributed by atoms with Gasteiger partial charge < -0.3 is 24.4 Å². The number of carbonyl (C=O) groups excluding carboxylic acids is 2. The van der Waals surface area contributed by atoms with Gasteiger partial charge in [-0.3, -0.25) is 13.9 Å². The fraction of sp³-hybridized carbons (Fsp3) is 0.355. The normalized spacial score (nSPS) is 11.9. The van der Waals surface area contributed by atoms with Crippen LogP contribution in [-0.2, 0) is 26.2 Å². The first-order valence-electron chi connectivity index (χ1n) is 13.7. The van der Waals surface area contributed by atoms with Crippen LogP contribution in [0.25, 0.3) is 0 Å². The van der Waals surface area contributed by atoms with E-state index in [1.165, 1.54) is 37.3 Å². The van der Waals surface area contributed by atoms with Crippen LogP contribution >= 0.6 is 11.6 Å². The van der Waals surface area contributed by atoms with Crippen molar-refractivity contribution in [3.05, 3.63) is 77.3 Å². The first-order valence-corrected chi connectivity index (χ1v) is 15.5. The first kappa shape index (κ1) is 33.5.